The van der Waals surface area contributed by atoms with E-state index in [9.17, 15) is 13.2 Å². The minimum atomic E-state index is -3.57. The molecule has 0 aliphatic heterocycles. The van der Waals surface area contributed by atoms with Gasteiger partial charge in [0.1, 0.15) is 18.1 Å². The van der Waals surface area contributed by atoms with Crippen molar-refractivity contribution in [1.29, 1.82) is 0 Å². The van der Waals surface area contributed by atoms with E-state index in [4.69, 9.17) is 9.47 Å². The second-order valence-electron chi connectivity index (χ2n) is 6.00. The minimum absolute atomic E-state index is 0.00666. The van der Waals surface area contributed by atoms with Crippen LogP contribution in [-0.4, -0.2) is 25.9 Å². The number of carbonyl (C=O) groups excluding carboxylic acids is 1. The number of esters is 1. The van der Waals surface area contributed by atoms with Crippen LogP contribution in [-0.2, 0) is 21.4 Å². The van der Waals surface area contributed by atoms with E-state index in [2.05, 4.69) is 9.71 Å². The van der Waals surface area contributed by atoms with Gasteiger partial charge >= 0.3 is 5.97 Å². The second kappa shape index (κ2) is 9.31. The largest absolute Gasteiger partial charge is 0.457 e. The fourth-order valence-corrected chi connectivity index (χ4v) is 3.57. The van der Waals surface area contributed by atoms with Crippen molar-refractivity contribution in [1.82, 2.24) is 9.71 Å². The summed E-state index contributed by atoms with van der Waals surface area (Å²) in [6.45, 7) is 1.98. The van der Waals surface area contributed by atoms with Crippen LogP contribution >= 0.6 is 0 Å². The highest BCUT2D eigenvalue weighted by Crippen LogP contribution is 2.25. The molecule has 1 aromatic heterocycles. The van der Waals surface area contributed by atoms with Crippen LogP contribution in [0.3, 0.4) is 0 Å². The normalized spacial score (nSPS) is 11.1. The van der Waals surface area contributed by atoms with Gasteiger partial charge in [0.25, 0.3) is 0 Å². The zero-order valence-electron chi connectivity index (χ0n) is 15.7. The van der Waals surface area contributed by atoms with Gasteiger partial charge in [0.05, 0.1) is 16.7 Å². The van der Waals surface area contributed by atoms with Crippen molar-refractivity contribution in [3.8, 4) is 11.5 Å². The number of rotatable bonds is 8. The Morgan fingerprint density at radius 1 is 1.03 bits per heavy atom. The number of aromatic nitrogens is 1. The highest BCUT2D eigenvalue weighted by molar-refractivity contribution is 7.89. The zero-order chi connectivity index (χ0) is 20.7. The van der Waals surface area contributed by atoms with Gasteiger partial charge in [-0.15, -0.1) is 0 Å². The Kier molecular flexibility index (Phi) is 6.58. The average Bonchev–Trinajstić information content (AvgIpc) is 2.74. The Morgan fingerprint density at radius 3 is 2.48 bits per heavy atom. The molecule has 0 radical (unpaired) electrons. The molecule has 3 rings (SSSR count). The Bertz CT molecular complexity index is 1070. The monoisotopic (exact) mass is 412 g/mol. The van der Waals surface area contributed by atoms with Crippen LogP contribution in [0.5, 0.6) is 11.5 Å². The SMILES string of the molecule is CCNS(=O)(=O)c1ccc(C(=O)OCc2ccccc2Oc2cccnc2)cc1. The van der Waals surface area contributed by atoms with Crippen molar-refractivity contribution < 1.29 is 22.7 Å². The lowest BCUT2D eigenvalue weighted by atomic mass is 10.2. The van der Waals surface area contributed by atoms with Gasteiger partial charge in [-0.2, -0.15) is 0 Å². The third-order valence-corrected chi connectivity index (χ3v) is 5.49. The predicted octanol–water partition coefficient (Wildman–Crippen LogP) is 3.53. The first-order chi connectivity index (χ1) is 14.0. The lowest BCUT2D eigenvalue weighted by Gasteiger charge is -2.11. The van der Waals surface area contributed by atoms with Gasteiger partial charge in [-0.3, -0.25) is 4.98 Å². The highest BCUT2D eigenvalue weighted by atomic mass is 32.2. The molecular formula is C21H20N2O5S. The summed E-state index contributed by atoms with van der Waals surface area (Å²) in [5.74, 6) is 0.567. The summed E-state index contributed by atoms with van der Waals surface area (Å²) >= 11 is 0. The van der Waals surface area contributed by atoms with Crippen molar-refractivity contribution in [3.63, 3.8) is 0 Å². The number of pyridine rings is 1. The standard InChI is InChI=1S/C21H20N2O5S/c1-2-23-29(25,26)19-11-9-16(10-12-19)21(24)27-15-17-6-3-4-8-20(17)28-18-7-5-13-22-14-18/h3-14,23H,2,15H2,1H3. The Balaban J connectivity index is 1.67. The van der Waals surface area contributed by atoms with Crippen LogP contribution in [0.2, 0.25) is 0 Å². The summed E-state index contributed by atoms with van der Waals surface area (Å²) < 4.78 is 37.5. The van der Waals surface area contributed by atoms with E-state index >= 15 is 0 Å². The third-order valence-electron chi connectivity index (χ3n) is 3.93. The second-order valence-corrected chi connectivity index (χ2v) is 7.77. The van der Waals surface area contributed by atoms with Gasteiger partial charge in [0.15, 0.2) is 0 Å². The van der Waals surface area contributed by atoms with Crippen molar-refractivity contribution >= 4 is 16.0 Å². The molecule has 2 aromatic carbocycles. The van der Waals surface area contributed by atoms with E-state index in [0.717, 1.165) is 0 Å². The summed E-state index contributed by atoms with van der Waals surface area (Å²) in [6, 6.07) is 16.3. The summed E-state index contributed by atoms with van der Waals surface area (Å²) in [7, 11) is -3.57. The number of hydrogen-bond donors (Lipinski definition) is 1. The van der Waals surface area contributed by atoms with E-state index in [1.54, 1.807) is 43.6 Å². The smallest absolute Gasteiger partial charge is 0.338 e. The fourth-order valence-electron chi connectivity index (χ4n) is 2.53. The molecule has 0 amide bonds. The molecule has 0 saturated heterocycles. The van der Waals surface area contributed by atoms with Crippen molar-refractivity contribution in [3.05, 3.63) is 84.2 Å². The van der Waals surface area contributed by atoms with Gasteiger partial charge in [-0.1, -0.05) is 25.1 Å². The molecule has 0 saturated carbocycles. The van der Waals surface area contributed by atoms with E-state index in [0.29, 0.717) is 17.1 Å². The Labute approximate surface area is 169 Å². The third kappa shape index (κ3) is 5.40. The number of carbonyl (C=O) groups is 1. The molecule has 0 unspecified atom stereocenters. The number of nitrogens with zero attached hydrogens (tertiary/aromatic N) is 1. The van der Waals surface area contributed by atoms with Gasteiger partial charge in [-0.25, -0.2) is 17.9 Å². The van der Waals surface area contributed by atoms with Crippen LogP contribution in [0.1, 0.15) is 22.8 Å². The molecule has 1 heterocycles. The minimum Gasteiger partial charge on any atom is -0.457 e. The zero-order valence-corrected chi connectivity index (χ0v) is 16.6. The number of benzene rings is 2. The first-order valence-electron chi connectivity index (χ1n) is 8.92. The number of ether oxygens (including phenoxy) is 2. The van der Waals surface area contributed by atoms with Gasteiger partial charge in [0.2, 0.25) is 10.0 Å². The van der Waals surface area contributed by atoms with Crippen molar-refractivity contribution in [2.24, 2.45) is 0 Å². The molecule has 150 valence electrons. The Morgan fingerprint density at radius 2 is 1.79 bits per heavy atom. The first-order valence-corrected chi connectivity index (χ1v) is 10.4. The van der Waals surface area contributed by atoms with Crippen molar-refractivity contribution in [2.45, 2.75) is 18.4 Å². The Hall–Kier alpha value is -3.23. The molecule has 7 nitrogen and oxygen atoms in total. The van der Waals surface area contributed by atoms with Gasteiger partial charge in [0, 0.05) is 18.3 Å². The van der Waals surface area contributed by atoms with Crippen LogP contribution in [0.4, 0.5) is 0 Å². The lowest BCUT2D eigenvalue weighted by molar-refractivity contribution is 0.0470. The summed E-state index contributed by atoms with van der Waals surface area (Å²) in [5, 5.41) is 0. The summed E-state index contributed by atoms with van der Waals surface area (Å²) in [6.07, 6.45) is 3.24. The lowest BCUT2D eigenvalue weighted by Crippen LogP contribution is -2.23. The average molecular weight is 412 g/mol. The molecule has 0 spiro atoms. The van der Waals surface area contributed by atoms with Crippen molar-refractivity contribution in [2.75, 3.05) is 6.54 Å². The highest BCUT2D eigenvalue weighted by Gasteiger charge is 2.15. The summed E-state index contributed by atoms with van der Waals surface area (Å²) in [5.41, 5.74) is 0.946. The first kappa shape index (κ1) is 20.5. The molecule has 3 aromatic rings. The molecule has 0 fully saturated rings. The van der Waals surface area contributed by atoms with E-state index in [1.807, 2.05) is 12.1 Å². The topological polar surface area (TPSA) is 94.6 Å². The maximum atomic E-state index is 12.3. The molecule has 1 N–H and O–H groups in total. The molecular weight excluding hydrogens is 392 g/mol. The van der Waals surface area contributed by atoms with Gasteiger partial charge < -0.3 is 9.47 Å². The number of sulfonamides is 1. The molecule has 29 heavy (non-hydrogen) atoms. The van der Waals surface area contributed by atoms with Crippen LogP contribution in [0.25, 0.3) is 0 Å². The number of hydrogen-bond acceptors (Lipinski definition) is 6. The molecule has 0 aliphatic carbocycles. The summed E-state index contributed by atoms with van der Waals surface area (Å²) in [4.78, 5) is 16.4. The van der Waals surface area contributed by atoms with E-state index < -0.39 is 16.0 Å². The van der Waals surface area contributed by atoms with Gasteiger partial charge in [-0.05, 0) is 42.5 Å². The molecule has 0 aliphatic rings. The maximum Gasteiger partial charge on any atom is 0.338 e. The van der Waals surface area contributed by atoms with Crippen LogP contribution in [0.15, 0.2) is 78.0 Å². The predicted molar refractivity (Wildman–Crippen MR) is 107 cm³/mol. The van der Waals surface area contributed by atoms with Crippen LogP contribution < -0.4 is 9.46 Å². The fraction of sp³-hybridized carbons (Fsp3) is 0.143. The van der Waals surface area contributed by atoms with E-state index in [1.165, 1.54) is 24.3 Å². The molecule has 0 atom stereocenters. The molecule has 8 heteroatoms. The number of para-hydroxylation sites is 1. The van der Waals surface area contributed by atoms with E-state index in [-0.39, 0.29) is 23.6 Å². The maximum absolute atomic E-state index is 12.3. The van der Waals surface area contributed by atoms with Crippen LogP contribution in [0, 0.1) is 0 Å². The quantitative estimate of drug-likeness (QED) is 0.569. The number of nitrogens with one attached hydrogen (secondary N) is 1. The molecule has 0 bridgehead atoms.